The molecule has 0 heterocycles. The molecule has 0 saturated carbocycles. The first-order chi connectivity index (χ1) is 8.57. The topological polar surface area (TPSA) is 52.9 Å². The maximum Gasteiger partial charge on any atom is 0.240 e. The van der Waals surface area contributed by atoms with Gasteiger partial charge in [0.2, 0.25) is 5.91 Å². The van der Waals surface area contributed by atoms with E-state index in [1.165, 1.54) is 0 Å². The fraction of sp³-hybridized carbons (Fsp3) is 0.429. The summed E-state index contributed by atoms with van der Waals surface area (Å²) >= 11 is 5.78. The lowest BCUT2D eigenvalue weighted by Crippen LogP contribution is -2.38. The zero-order chi connectivity index (χ0) is 13.6. The van der Waals surface area contributed by atoms with Crippen LogP contribution in [0.25, 0.3) is 0 Å². The molecule has 3 nitrogen and oxygen atoms in total. The number of amides is 1. The third kappa shape index (κ3) is 3.24. The molecule has 0 aliphatic carbocycles. The second-order valence-electron chi connectivity index (χ2n) is 4.21. The van der Waals surface area contributed by atoms with Gasteiger partial charge in [0, 0.05) is 11.6 Å². The van der Waals surface area contributed by atoms with Crippen molar-refractivity contribution in [2.24, 2.45) is 5.41 Å². The summed E-state index contributed by atoms with van der Waals surface area (Å²) in [5, 5.41) is 12.6. The van der Waals surface area contributed by atoms with E-state index in [2.05, 4.69) is 11.4 Å². The average molecular weight is 265 g/mol. The van der Waals surface area contributed by atoms with Crippen LogP contribution in [0.3, 0.4) is 0 Å². The lowest BCUT2D eigenvalue weighted by atomic mass is 9.83. The summed E-state index contributed by atoms with van der Waals surface area (Å²) < 4.78 is 0. The normalized spacial score (nSPS) is 10.8. The van der Waals surface area contributed by atoms with Crippen LogP contribution in [0.5, 0.6) is 0 Å². The van der Waals surface area contributed by atoms with Crippen molar-refractivity contribution in [2.45, 2.75) is 33.2 Å². The van der Waals surface area contributed by atoms with Crippen LogP contribution in [0.15, 0.2) is 24.3 Å². The van der Waals surface area contributed by atoms with Crippen LogP contribution in [0.2, 0.25) is 5.02 Å². The molecule has 1 N–H and O–H groups in total. The molecule has 0 aliphatic heterocycles. The Hall–Kier alpha value is -1.53. The number of nitrogens with zero attached hydrogens (tertiary/aromatic N) is 1. The minimum atomic E-state index is -0.910. The quantitative estimate of drug-likeness (QED) is 0.887. The Balaban J connectivity index is 2.66. The van der Waals surface area contributed by atoms with Crippen molar-refractivity contribution in [3.63, 3.8) is 0 Å². The molecule has 96 valence electrons. The Kier molecular flexibility index (Phi) is 5.18. The van der Waals surface area contributed by atoms with Crippen molar-refractivity contribution in [1.82, 2.24) is 5.32 Å². The summed E-state index contributed by atoms with van der Waals surface area (Å²) in [6, 6.07) is 9.39. The van der Waals surface area contributed by atoms with Gasteiger partial charge in [0.25, 0.3) is 0 Å². The highest BCUT2D eigenvalue weighted by molar-refractivity contribution is 6.30. The molecule has 0 saturated heterocycles. The Bertz CT molecular complexity index is 444. The summed E-state index contributed by atoms with van der Waals surface area (Å²) in [7, 11) is 0. The minimum Gasteiger partial charge on any atom is -0.351 e. The van der Waals surface area contributed by atoms with E-state index in [4.69, 9.17) is 16.9 Å². The Morgan fingerprint density at radius 1 is 1.33 bits per heavy atom. The van der Waals surface area contributed by atoms with Crippen molar-refractivity contribution in [2.75, 3.05) is 0 Å². The number of benzene rings is 1. The average Bonchev–Trinajstić information content (AvgIpc) is 2.41. The highest BCUT2D eigenvalue weighted by Gasteiger charge is 2.34. The number of nitrogens with one attached hydrogen (secondary N) is 1. The summed E-state index contributed by atoms with van der Waals surface area (Å²) in [5.74, 6) is -0.204. The summed E-state index contributed by atoms with van der Waals surface area (Å²) in [5.41, 5.74) is 0.0543. The summed E-state index contributed by atoms with van der Waals surface area (Å²) in [6.07, 6.45) is 1.04. The Morgan fingerprint density at radius 2 is 1.89 bits per heavy atom. The summed E-state index contributed by atoms with van der Waals surface area (Å²) in [4.78, 5) is 12.0. The zero-order valence-electron chi connectivity index (χ0n) is 10.7. The molecule has 1 aromatic carbocycles. The fourth-order valence-corrected chi connectivity index (χ4v) is 1.86. The van der Waals surface area contributed by atoms with E-state index < -0.39 is 5.41 Å². The first kappa shape index (κ1) is 14.5. The molecule has 0 fully saturated rings. The van der Waals surface area contributed by atoms with Gasteiger partial charge in [0.1, 0.15) is 5.41 Å². The number of carbonyl (C=O) groups excluding carboxylic acids is 1. The second-order valence-corrected chi connectivity index (χ2v) is 4.65. The first-order valence-corrected chi connectivity index (χ1v) is 6.39. The van der Waals surface area contributed by atoms with Gasteiger partial charge in [-0.15, -0.1) is 0 Å². The molecule has 18 heavy (non-hydrogen) atoms. The number of nitriles is 1. The van der Waals surface area contributed by atoms with Gasteiger partial charge in [-0.05, 0) is 30.5 Å². The third-order valence-electron chi connectivity index (χ3n) is 3.22. The maximum atomic E-state index is 12.0. The number of hydrogen-bond acceptors (Lipinski definition) is 2. The molecular formula is C14H17ClN2O. The molecule has 0 radical (unpaired) electrons. The fourth-order valence-electron chi connectivity index (χ4n) is 1.73. The van der Waals surface area contributed by atoms with E-state index in [1.807, 2.05) is 26.0 Å². The highest BCUT2D eigenvalue weighted by Crippen LogP contribution is 2.25. The molecule has 1 aromatic rings. The van der Waals surface area contributed by atoms with Gasteiger partial charge in [-0.1, -0.05) is 37.6 Å². The molecule has 0 unspecified atom stereocenters. The molecule has 1 rings (SSSR count). The largest absolute Gasteiger partial charge is 0.351 e. The molecule has 1 amide bonds. The molecular weight excluding hydrogens is 248 g/mol. The number of rotatable bonds is 5. The first-order valence-electron chi connectivity index (χ1n) is 6.02. The van der Waals surface area contributed by atoms with Gasteiger partial charge in [-0.25, -0.2) is 0 Å². The van der Waals surface area contributed by atoms with Crippen LogP contribution >= 0.6 is 11.6 Å². The maximum absolute atomic E-state index is 12.0. The summed E-state index contributed by atoms with van der Waals surface area (Å²) in [6.45, 7) is 4.13. The van der Waals surface area contributed by atoms with Crippen LogP contribution in [0.4, 0.5) is 0 Å². The van der Waals surface area contributed by atoms with Crippen LogP contribution in [0.1, 0.15) is 32.3 Å². The third-order valence-corrected chi connectivity index (χ3v) is 3.47. The smallest absolute Gasteiger partial charge is 0.240 e. The Labute approximate surface area is 113 Å². The lowest BCUT2D eigenvalue weighted by molar-refractivity contribution is -0.128. The minimum absolute atomic E-state index is 0.204. The van der Waals surface area contributed by atoms with Gasteiger partial charge in [-0.3, -0.25) is 4.79 Å². The van der Waals surface area contributed by atoms with E-state index in [1.54, 1.807) is 12.1 Å². The van der Waals surface area contributed by atoms with Crippen LogP contribution in [0, 0.1) is 16.7 Å². The van der Waals surface area contributed by atoms with E-state index in [-0.39, 0.29) is 5.91 Å². The molecule has 0 spiro atoms. The number of hydrogen-bond donors (Lipinski definition) is 1. The highest BCUT2D eigenvalue weighted by atomic mass is 35.5. The molecule has 0 bridgehead atoms. The van der Waals surface area contributed by atoms with E-state index in [0.29, 0.717) is 24.4 Å². The van der Waals surface area contributed by atoms with E-state index in [9.17, 15) is 4.79 Å². The van der Waals surface area contributed by atoms with Crippen LogP contribution < -0.4 is 5.32 Å². The molecule has 4 heteroatoms. The van der Waals surface area contributed by atoms with Gasteiger partial charge in [0.15, 0.2) is 0 Å². The predicted octanol–water partition coefficient (Wildman–Crippen LogP) is 3.29. The molecule has 0 aliphatic rings. The van der Waals surface area contributed by atoms with Gasteiger partial charge >= 0.3 is 0 Å². The molecule has 0 atom stereocenters. The van der Waals surface area contributed by atoms with Crippen molar-refractivity contribution in [1.29, 1.82) is 5.26 Å². The molecule has 0 aromatic heterocycles. The van der Waals surface area contributed by atoms with E-state index in [0.717, 1.165) is 5.56 Å². The van der Waals surface area contributed by atoms with Crippen LogP contribution in [-0.2, 0) is 11.3 Å². The Morgan fingerprint density at radius 3 is 2.33 bits per heavy atom. The standard InChI is InChI=1S/C14H17ClN2O/c1-3-14(4-2,10-16)13(18)17-9-11-5-7-12(15)8-6-11/h5-8H,3-4,9H2,1-2H3,(H,17,18). The SMILES string of the molecule is CCC(C#N)(CC)C(=O)NCc1ccc(Cl)cc1. The van der Waals surface area contributed by atoms with Gasteiger partial charge < -0.3 is 5.32 Å². The van der Waals surface area contributed by atoms with Gasteiger partial charge in [0.05, 0.1) is 6.07 Å². The zero-order valence-corrected chi connectivity index (χ0v) is 11.4. The number of carbonyl (C=O) groups is 1. The monoisotopic (exact) mass is 264 g/mol. The van der Waals surface area contributed by atoms with Crippen molar-refractivity contribution in [3.8, 4) is 6.07 Å². The lowest BCUT2D eigenvalue weighted by Gasteiger charge is -2.22. The predicted molar refractivity (Wildman–Crippen MR) is 71.9 cm³/mol. The number of halogens is 1. The van der Waals surface area contributed by atoms with E-state index >= 15 is 0 Å². The van der Waals surface area contributed by atoms with Crippen molar-refractivity contribution in [3.05, 3.63) is 34.9 Å². The van der Waals surface area contributed by atoms with Crippen molar-refractivity contribution >= 4 is 17.5 Å². The van der Waals surface area contributed by atoms with Crippen molar-refractivity contribution < 1.29 is 4.79 Å². The van der Waals surface area contributed by atoms with Crippen LogP contribution in [-0.4, -0.2) is 5.91 Å². The second kappa shape index (κ2) is 6.42. The van der Waals surface area contributed by atoms with Gasteiger partial charge in [-0.2, -0.15) is 5.26 Å².